The van der Waals surface area contributed by atoms with Crippen molar-refractivity contribution < 1.29 is 4.79 Å². The fourth-order valence-corrected chi connectivity index (χ4v) is 2.43. The summed E-state index contributed by atoms with van der Waals surface area (Å²) in [6.07, 6.45) is 1.61. The molecule has 0 bridgehead atoms. The second-order valence-corrected chi connectivity index (χ2v) is 6.03. The Bertz CT molecular complexity index is 688. The van der Waals surface area contributed by atoms with E-state index in [1.165, 1.54) is 11.8 Å². The number of anilines is 1. The monoisotopic (exact) mass is 329 g/mol. The van der Waals surface area contributed by atoms with Crippen molar-refractivity contribution in [3.05, 3.63) is 47.7 Å². The van der Waals surface area contributed by atoms with Gasteiger partial charge in [0.25, 0.3) is 0 Å². The van der Waals surface area contributed by atoms with E-state index in [0.29, 0.717) is 5.95 Å². The summed E-state index contributed by atoms with van der Waals surface area (Å²) in [6.45, 7) is 1.91. The third-order valence-corrected chi connectivity index (χ3v) is 3.68. The highest BCUT2D eigenvalue weighted by Gasteiger charge is 2.07. The molecule has 0 fully saturated rings. The fourth-order valence-electron chi connectivity index (χ4n) is 1.69. The number of thioether (sulfide) groups is 1. The molecular formula is C16H19N5OS. The van der Waals surface area contributed by atoms with Crippen LogP contribution in [-0.4, -0.2) is 41.9 Å². The van der Waals surface area contributed by atoms with Crippen molar-refractivity contribution in [2.75, 3.05) is 24.7 Å². The van der Waals surface area contributed by atoms with E-state index in [-0.39, 0.29) is 11.7 Å². The van der Waals surface area contributed by atoms with Crippen LogP contribution in [0.25, 0.3) is 0 Å². The minimum Gasteiger partial charge on any atom is -0.347 e. The first-order valence-corrected chi connectivity index (χ1v) is 8.06. The number of hydrogen-bond acceptors (Lipinski definition) is 6. The Labute approximate surface area is 140 Å². The molecule has 1 aromatic carbocycles. The molecule has 120 valence electrons. The molecule has 0 saturated carbocycles. The zero-order valence-electron chi connectivity index (χ0n) is 13.4. The van der Waals surface area contributed by atoms with E-state index in [9.17, 15) is 4.79 Å². The van der Waals surface area contributed by atoms with Gasteiger partial charge in [-0.25, -0.2) is 15.4 Å². The molecule has 0 saturated heterocycles. The number of nitrogens with one attached hydrogen (secondary N) is 1. The summed E-state index contributed by atoms with van der Waals surface area (Å²) < 4.78 is 0. The van der Waals surface area contributed by atoms with Crippen LogP contribution in [0.1, 0.15) is 11.3 Å². The van der Waals surface area contributed by atoms with Gasteiger partial charge in [0.2, 0.25) is 11.9 Å². The lowest BCUT2D eigenvalue weighted by Gasteiger charge is -2.11. The average Bonchev–Trinajstić information content (AvgIpc) is 2.53. The normalized spacial score (nSPS) is 10.7. The van der Waals surface area contributed by atoms with Gasteiger partial charge in [-0.2, -0.15) is 5.10 Å². The number of carbonyl (C=O) groups is 1. The first-order valence-electron chi connectivity index (χ1n) is 7.07. The van der Waals surface area contributed by atoms with Crippen molar-refractivity contribution >= 4 is 29.8 Å². The largest absolute Gasteiger partial charge is 0.347 e. The van der Waals surface area contributed by atoms with E-state index in [0.717, 1.165) is 16.3 Å². The van der Waals surface area contributed by atoms with Crippen LogP contribution >= 0.6 is 11.8 Å². The standard InChI is InChI=1S/C16H19N5OS/c1-12-9-15(19-16(18-12)21(2)3)23-11-14(22)20-17-10-13-7-5-4-6-8-13/h4-10H,11H2,1-3H3,(H,20,22)/b17-10+. The summed E-state index contributed by atoms with van der Waals surface area (Å²) in [4.78, 5) is 22.4. The highest BCUT2D eigenvalue weighted by atomic mass is 32.2. The lowest BCUT2D eigenvalue weighted by molar-refractivity contribution is -0.118. The van der Waals surface area contributed by atoms with Gasteiger partial charge in [-0.3, -0.25) is 4.79 Å². The third-order valence-electron chi connectivity index (χ3n) is 2.77. The van der Waals surface area contributed by atoms with E-state index < -0.39 is 0 Å². The first kappa shape index (κ1) is 17.0. The summed E-state index contributed by atoms with van der Waals surface area (Å²) in [5, 5.41) is 4.71. The van der Waals surface area contributed by atoms with Crippen molar-refractivity contribution in [3.8, 4) is 0 Å². The number of amides is 1. The van der Waals surface area contributed by atoms with Crippen LogP contribution < -0.4 is 10.3 Å². The summed E-state index contributed by atoms with van der Waals surface area (Å²) in [5.74, 6) is 0.704. The predicted octanol–water partition coefficient (Wildman–Crippen LogP) is 2.09. The Hall–Kier alpha value is -2.41. The number of rotatable bonds is 6. The molecule has 0 unspecified atom stereocenters. The van der Waals surface area contributed by atoms with Crippen molar-refractivity contribution in [3.63, 3.8) is 0 Å². The highest BCUT2D eigenvalue weighted by Crippen LogP contribution is 2.18. The number of nitrogens with zero attached hydrogens (tertiary/aromatic N) is 4. The smallest absolute Gasteiger partial charge is 0.250 e. The van der Waals surface area contributed by atoms with Gasteiger partial charge in [0.15, 0.2) is 0 Å². The number of hydrazone groups is 1. The van der Waals surface area contributed by atoms with Gasteiger partial charge in [0.05, 0.1) is 12.0 Å². The lowest BCUT2D eigenvalue weighted by Crippen LogP contribution is -2.20. The van der Waals surface area contributed by atoms with E-state index in [1.54, 1.807) is 6.21 Å². The van der Waals surface area contributed by atoms with Gasteiger partial charge in [-0.1, -0.05) is 42.1 Å². The highest BCUT2D eigenvalue weighted by molar-refractivity contribution is 7.99. The Kier molecular flexibility index (Phi) is 6.10. The maximum atomic E-state index is 11.8. The molecular weight excluding hydrogens is 310 g/mol. The van der Waals surface area contributed by atoms with Gasteiger partial charge >= 0.3 is 0 Å². The minimum atomic E-state index is -0.176. The molecule has 0 aliphatic rings. The van der Waals surface area contributed by atoms with Crippen LogP contribution in [0.4, 0.5) is 5.95 Å². The average molecular weight is 329 g/mol. The van der Waals surface area contributed by atoms with E-state index in [2.05, 4.69) is 20.5 Å². The topological polar surface area (TPSA) is 70.5 Å². The van der Waals surface area contributed by atoms with Crippen LogP contribution in [0.5, 0.6) is 0 Å². The maximum Gasteiger partial charge on any atom is 0.250 e. The summed E-state index contributed by atoms with van der Waals surface area (Å²) in [7, 11) is 3.77. The van der Waals surface area contributed by atoms with E-state index in [4.69, 9.17) is 0 Å². The van der Waals surface area contributed by atoms with Crippen LogP contribution in [0.3, 0.4) is 0 Å². The molecule has 0 aliphatic carbocycles. The van der Waals surface area contributed by atoms with Crippen LogP contribution in [0, 0.1) is 6.92 Å². The van der Waals surface area contributed by atoms with Crippen molar-refractivity contribution in [2.24, 2.45) is 5.10 Å². The van der Waals surface area contributed by atoms with Crippen LogP contribution in [0.15, 0.2) is 46.5 Å². The van der Waals surface area contributed by atoms with Crippen LogP contribution in [-0.2, 0) is 4.79 Å². The van der Waals surface area contributed by atoms with Crippen molar-refractivity contribution in [1.29, 1.82) is 0 Å². The van der Waals surface area contributed by atoms with E-state index >= 15 is 0 Å². The first-order chi connectivity index (χ1) is 11.0. The Morgan fingerprint density at radius 2 is 2.04 bits per heavy atom. The number of hydrogen-bond donors (Lipinski definition) is 1. The summed E-state index contributed by atoms with van der Waals surface area (Å²) in [5.41, 5.74) is 4.31. The Morgan fingerprint density at radius 3 is 2.74 bits per heavy atom. The number of aryl methyl sites for hydroxylation is 1. The molecule has 1 N–H and O–H groups in total. The molecule has 1 aromatic heterocycles. The Morgan fingerprint density at radius 1 is 1.30 bits per heavy atom. The van der Waals surface area contributed by atoms with Crippen LogP contribution in [0.2, 0.25) is 0 Å². The number of aromatic nitrogens is 2. The molecule has 1 heterocycles. The fraction of sp³-hybridized carbons (Fsp3) is 0.250. The molecule has 2 aromatic rings. The van der Waals surface area contributed by atoms with Gasteiger partial charge in [0, 0.05) is 19.8 Å². The molecule has 0 radical (unpaired) electrons. The molecule has 7 heteroatoms. The molecule has 0 spiro atoms. The zero-order chi connectivity index (χ0) is 16.7. The summed E-state index contributed by atoms with van der Waals surface area (Å²) in [6, 6.07) is 11.4. The molecule has 1 amide bonds. The lowest BCUT2D eigenvalue weighted by atomic mass is 10.2. The second kappa shape index (κ2) is 8.28. The quantitative estimate of drug-likeness (QED) is 0.380. The van der Waals surface area contributed by atoms with Gasteiger partial charge < -0.3 is 4.90 Å². The number of carbonyl (C=O) groups excluding carboxylic acids is 1. The third kappa shape index (κ3) is 5.71. The summed E-state index contributed by atoms with van der Waals surface area (Å²) >= 11 is 1.36. The van der Waals surface area contributed by atoms with Gasteiger partial charge in [-0.15, -0.1) is 0 Å². The second-order valence-electron chi connectivity index (χ2n) is 5.03. The Balaban J connectivity index is 1.86. The molecule has 0 atom stereocenters. The number of benzene rings is 1. The molecule has 23 heavy (non-hydrogen) atoms. The van der Waals surface area contributed by atoms with Gasteiger partial charge in [0.1, 0.15) is 5.03 Å². The van der Waals surface area contributed by atoms with E-state index in [1.807, 2.05) is 62.3 Å². The van der Waals surface area contributed by atoms with Crippen molar-refractivity contribution in [1.82, 2.24) is 15.4 Å². The van der Waals surface area contributed by atoms with Gasteiger partial charge in [-0.05, 0) is 18.6 Å². The minimum absolute atomic E-state index is 0.176. The zero-order valence-corrected chi connectivity index (χ0v) is 14.2. The predicted molar refractivity (Wildman–Crippen MR) is 94.0 cm³/mol. The molecule has 6 nitrogen and oxygen atoms in total. The SMILES string of the molecule is Cc1cc(SCC(=O)N/N=C/c2ccccc2)nc(N(C)C)n1. The molecule has 2 rings (SSSR count). The molecule has 0 aliphatic heterocycles. The maximum absolute atomic E-state index is 11.8. The van der Waals surface area contributed by atoms with Crippen molar-refractivity contribution in [2.45, 2.75) is 11.9 Å².